The molecule has 3 rings (SSSR count). The topological polar surface area (TPSA) is 61.9 Å². The molecule has 1 aromatic carbocycles. The number of nitrogens with one attached hydrogen (secondary N) is 1. The Morgan fingerprint density at radius 3 is 2.60 bits per heavy atom. The second-order valence-electron chi connectivity index (χ2n) is 6.06. The van der Waals surface area contributed by atoms with Crippen LogP contribution in [0.4, 0.5) is 9.18 Å². The normalized spacial score (nSPS) is 19.9. The molecule has 0 aromatic heterocycles. The van der Waals surface area contributed by atoms with Gasteiger partial charge >= 0.3 is 0 Å². The number of carbonyl (C=O) groups excluding carboxylic acids is 2. The summed E-state index contributed by atoms with van der Waals surface area (Å²) < 4.78 is 18.6. The summed E-state index contributed by atoms with van der Waals surface area (Å²) in [5, 5.41) is 2.88. The van der Waals surface area contributed by atoms with Gasteiger partial charge in [-0.15, -0.1) is 0 Å². The number of rotatable bonds is 6. The van der Waals surface area contributed by atoms with Crippen LogP contribution in [0.5, 0.6) is 0 Å². The number of nitrogens with zero attached hydrogens (tertiary/aromatic N) is 2. The van der Waals surface area contributed by atoms with Crippen molar-refractivity contribution in [3.05, 3.63) is 35.6 Å². The van der Waals surface area contributed by atoms with E-state index in [1.807, 2.05) is 0 Å². The van der Waals surface area contributed by atoms with Crippen LogP contribution in [0, 0.1) is 5.82 Å². The number of thioether (sulfide) groups is 1. The van der Waals surface area contributed by atoms with Crippen molar-refractivity contribution < 1.29 is 18.7 Å². The Kier molecular flexibility index (Phi) is 6.28. The molecule has 1 atom stereocenters. The lowest BCUT2D eigenvalue weighted by Gasteiger charge is -2.35. The van der Waals surface area contributed by atoms with Crippen LogP contribution >= 0.6 is 11.8 Å². The van der Waals surface area contributed by atoms with E-state index in [0.29, 0.717) is 26.3 Å². The second kappa shape index (κ2) is 8.64. The van der Waals surface area contributed by atoms with E-state index < -0.39 is 0 Å². The minimum atomic E-state index is -0.279. The third-order valence-electron chi connectivity index (χ3n) is 4.41. The Morgan fingerprint density at radius 2 is 1.96 bits per heavy atom. The number of halogens is 1. The lowest BCUT2D eigenvalue weighted by atomic mass is 10.0. The maximum atomic E-state index is 13.2. The molecule has 2 aliphatic heterocycles. The number of morpholine rings is 1. The molecule has 0 bridgehead atoms. The van der Waals surface area contributed by atoms with Crippen LogP contribution in [0.1, 0.15) is 11.6 Å². The minimum Gasteiger partial charge on any atom is -0.379 e. The smallest absolute Gasteiger partial charge is 0.282 e. The maximum Gasteiger partial charge on any atom is 0.282 e. The molecular weight excluding hydrogens is 345 g/mol. The zero-order chi connectivity index (χ0) is 17.6. The first-order valence-corrected chi connectivity index (χ1v) is 9.38. The van der Waals surface area contributed by atoms with Gasteiger partial charge in [0.1, 0.15) is 12.4 Å². The third-order valence-corrected chi connectivity index (χ3v) is 5.31. The monoisotopic (exact) mass is 367 g/mol. The van der Waals surface area contributed by atoms with E-state index in [1.165, 1.54) is 23.9 Å². The fourth-order valence-electron chi connectivity index (χ4n) is 3.04. The van der Waals surface area contributed by atoms with Gasteiger partial charge in [-0.1, -0.05) is 23.9 Å². The first kappa shape index (κ1) is 18.2. The van der Waals surface area contributed by atoms with Gasteiger partial charge in [0.15, 0.2) is 0 Å². The van der Waals surface area contributed by atoms with Gasteiger partial charge in [-0.05, 0) is 17.7 Å². The summed E-state index contributed by atoms with van der Waals surface area (Å²) >= 11 is 1.24. The Morgan fingerprint density at radius 1 is 1.24 bits per heavy atom. The van der Waals surface area contributed by atoms with Crippen LogP contribution in [0.15, 0.2) is 24.3 Å². The molecule has 0 unspecified atom stereocenters. The first-order chi connectivity index (χ1) is 12.1. The largest absolute Gasteiger partial charge is 0.379 e. The average Bonchev–Trinajstić information content (AvgIpc) is 3.02. The van der Waals surface area contributed by atoms with Crippen molar-refractivity contribution in [2.45, 2.75) is 6.04 Å². The third kappa shape index (κ3) is 4.93. The summed E-state index contributed by atoms with van der Waals surface area (Å²) in [4.78, 5) is 27.6. The summed E-state index contributed by atoms with van der Waals surface area (Å²) in [5.41, 5.74) is 0.955. The summed E-state index contributed by atoms with van der Waals surface area (Å²) in [6, 6.07) is 6.33. The van der Waals surface area contributed by atoms with Crippen LogP contribution in [-0.4, -0.2) is 72.6 Å². The van der Waals surface area contributed by atoms with E-state index in [-0.39, 0.29) is 29.6 Å². The zero-order valence-electron chi connectivity index (χ0n) is 13.9. The molecule has 0 saturated carbocycles. The highest BCUT2D eigenvalue weighted by Crippen LogP contribution is 2.22. The molecule has 1 aromatic rings. The molecule has 25 heavy (non-hydrogen) atoms. The molecule has 0 spiro atoms. The fraction of sp³-hybridized carbons (Fsp3) is 0.529. The van der Waals surface area contributed by atoms with Crippen molar-refractivity contribution in [2.24, 2.45) is 0 Å². The molecule has 2 heterocycles. The Labute approximate surface area is 150 Å². The number of hydrogen-bond acceptors (Lipinski definition) is 5. The van der Waals surface area contributed by atoms with Gasteiger partial charge < -0.3 is 15.0 Å². The molecule has 6 nitrogen and oxygen atoms in total. The summed E-state index contributed by atoms with van der Waals surface area (Å²) in [6.07, 6.45) is 0. The van der Waals surface area contributed by atoms with Crippen molar-refractivity contribution in [1.82, 2.24) is 15.1 Å². The molecular formula is C17H22FN3O3S. The van der Waals surface area contributed by atoms with Gasteiger partial charge in [0.2, 0.25) is 5.91 Å². The zero-order valence-corrected chi connectivity index (χ0v) is 14.8. The van der Waals surface area contributed by atoms with Crippen LogP contribution in [0.2, 0.25) is 0 Å². The van der Waals surface area contributed by atoms with E-state index in [0.717, 1.165) is 24.4 Å². The Balaban J connectivity index is 1.61. The summed E-state index contributed by atoms with van der Waals surface area (Å²) in [5.74, 6) is 0.285. The van der Waals surface area contributed by atoms with Gasteiger partial charge in [0, 0.05) is 31.9 Å². The molecule has 8 heteroatoms. The number of hydrogen-bond donors (Lipinski definition) is 1. The standard InChI is InChI=1S/C17H22FN3O3S/c18-14-3-1-13(2-4-14)15(20-5-8-24-9-6-20)11-19-16(22)12-21-7-10-25-17(21)23/h1-4,15H,5-12H2,(H,19,22)/t15-/m0/s1. The molecule has 2 aliphatic rings. The maximum absolute atomic E-state index is 13.2. The van der Waals surface area contributed by atoms with Crippen molar-refractivity contribution >= 4 is 22.9 Å². The predicted octanol–water partition coefficient (Wildman–Crippen LogP) is 1.48. The highest BCUT2D eigenvalue weighted by Gasteiger charge is 2.26. The molecule has 136 valence electrons. The van der Waals surface area contributed by atoms with E-state index in [9.17, 15) is 14.0 Å². The fourth-order valence-corrected chi connectivity index (χ4v) is 3.87. The Hall–Kier alpha value is -1.64. The number of carbonyl (C=O) groups is 2. The van der Waals surface area contributed by atoms with Crippen LogP contribution in [0.3, 0.4) is 0 Å². The quantitative estimate of drug-likeness (QED) is 0.825. The molecule has 2 amide bonds. The highest BCUT2D eigenvalue weighted by molar-refractivity contribution is 8.13. The molecule has 0 aliphatic carbocycles. The highest BCUT2D eigenvalue weighted by atomic mass is 32.2. The lowest BCUT2D eigenvalue weighted by Crippen LogP contribution is -2.45. The second-order valence-corrected chi connectivity index (χ2v) is 7.10. The number of benzene rings is 1. The number of amides is 2. The summed E-state index contributed by atoms with van der Waals surface area (Å²) in [6.45, 7) is 3.93. The van der Waals surface area contributed by atoms with Gasteiger partial charge in [-0.2, -0.15) is 0 Å². The predicted molar refractivity (Wildman–Crippen MR) is 94.0 cm³/mol. The summed E-state index contributed by atoms with van der Waals surface area (Å²) in [7, 11) is 0. The van der Waals surface area contributed by atoms with Gasteiger partial charge in [0.25, 0.3) is 5.24 Å². The molecule has 2 fully saturated rings. The van der Waals surface area contributed by atoms with E-state index in [4.69, 9.17) is 4.74 Å². The van der Waals surface area contributed by atoms with Gasteiger partial charge in [-0.3, -0.25) is 14.5 Å². The van der Waals surface area contributed by atoms with Crippen molar-refractivity contribution in [3.8, 4) is 0 Å². The van der Waals surface area contributed by atoms with E-state index in [2.05, 4.69) is 10.2 Å². The molecule has 0 radical (unpaired) electrons. The van der Waals surface area contributed by atoms with Crippen LogP contribution < -0.4 is 5.32 Å². The first-order valence-electron chi connectivity index (χ1n) is 8.39. The van der Waals surface area contributed by atoms with Crippen molar-refractivity contribution in [3.63, 3.8) is 0 Å². The minimum absolute atomic E-state index is 0.0431. The van der Waals surface area contributed by atoms with E-state index in [1.54, 1.807) is 17.0 Å². The van der Waals surface area contributed by atoms with Crippen LogP contribution in [0.25, 0.3) is 0 Å². The van der Waals surface area contributed by atoms with Crippen molar-refractivity contribution in [2.75, 3.05) is 51.7 Å². The SMILES string of the molecule is O=C(CN1CCSC1=O)NC[C@@H](c1ccc(F)cc1)N1CCOCC1. The van der Waals surface area contributed by atoms with Crippen LogP contribution in [-0.2, 0) is 9.53 Å². The molecule has 2 saturated heterocycles. The lowest BCUT2D eigenvalue weighted by molar-refractivity contribution is -0.121. The van der Waals surface area contributed by atoms with Gasteiger partial charge in [-0.25, -0.2) is 4.39 Å². The Bertz CT molecular complexity index is 608. The van der Waals surface area contributed by atoms with Crippen molar-refractivity contribution in [1.29, 1.82) is 0 Å². The van der Waals surface area contributed by atoms with Gasteiger partial charge in [0.05, 0.1) is 19.3 Å². The average molecular weight is 367 g/mol. The molecule has 1 N–H and O–H groups in total. The number of ether oxygens (including phenoxy) is 1. The van der Waals surface area contributed by atoms with E-state index >= 15 is 0 Å².